The summed E-state index contributed by atoms with van der Waals surface area (Å²) in [5, 5.41) is 5.34. The summed E-state index contributed by atoms with van der Waals surface area (Å²) in [6, 6.07) is 3.34. The number of anilines is 1. The van der Waals surface area contributed by atoms with Crippen LogP contribution in [0.4, 0.5) is 5.69 Å². The lowest BCUT2D eigenvalue weighted by molar-refractivity contribution is 0.478. The van der Waals surface area contributed by atoms with Crippen LogP contribution >= 0.6 is 0 Å². The van der Waals surface area contributed by atoms with Gasteiger partial charge in [-0.1, -0.05) is 0 Å². The first-order valence-corrected chi connectivity index (χ1v) is 8.81. The number of nitrogens with zero attached hydrogens (tertiary/aromatic N) is 2. The van der Waals surface area contributed by atoms with E-state index in [1.807, 2.05) is 0 Å². The molecule has 0 fully saturated rings. The molecule has 0 unspecified atom stereocenters. The quantitative estimate of drug-likeness (QED) is 0.527. The van der Waals surface area contributed by atoms with Gasteiger partial charge in [-0.25, -0.2) is 9.98 Å². The Labute approximate surface area is 126 Å². The van der Waals surface area contributed by atoms with Crippen molar-refractivity contribution in [3.05, 3.63) is 23.8 Å². The first-order chi connectivity index (χ1) is 10.1. The van der Waals surface area contributed by atoms with E-state index in [0.717, 1.165) is 12.1 Å². The third kappa shape index (κ3) is 4.77. The lowest BCUT2D eigenvalue weighted by atomic mass is 10.2. The van der Waals surface area contributed by atoms with Gasteiger partial charge >= 0.3 is 0 Å². The Morgan fingerprint density at radius 1 is 1.09 bits per heavy atom. The molecule has 2 rings (SSSR count). The average Bonchev–Trinajstić information content (AvgIpc) is 2.36. The van der Waals surface area contributed by atoms with Crippen molar-refractivity contribution >= 4 is 38.6 Å². The number of hydrogen-bond donors (Lipinski definition) is 4. The minimum atomic E-state index is -4.55. The second kappa shape index (κ2) is 6.00. The van der Waals surface area contributed by atoms with Gasteiger partial charge in [0, 0.05) is 5.69 Å². The number of hydrogen-bond acceptors (Lipinski definition) is 8. The van der Waals surface area contributed by atoms with E-state index in [2.05, 4.69) is 20.6 Å². The number of benzene rings is 1. The molecule has 120 valence electrons. The standard InChI is InChI=1S/C10H12N4O6S2/c15-21(16,17)4-7-1-8(3-9(2-7)22(18,19)20)14-10-12-5-11-6-13-10/h1-3,5-6,10,14H,4H2,(H,11,12,13)(H,15,16,17)(H,18,19,20). The summed E-state index contributed by atoms with van der Waals surface area (Å²) in [6.45, 7) is 0. The predicted molar refractivity (Wildman–Crippen MR) is 79.0 cm³/mol. The molecule has 0 bridgehead atoms. The molecule has 0 amide bonds. The van der Waals surface area contributed by atoms with Crippen LogP contribution in [0.25, 0.3) is 0 Å². The summed E-state index contributed by atoms with van der Waals surface area (Å²) in [5.74, 6) is -0.802. The van der Waals surface area contributed by atoms with Gasteiger partial charge < -0.3 is 10.6 Å². The van der Waals surface area contributed by atoms with Crippen LogP contribution in [0.5, 0.6) is 0 Å². The van der Waals surface area contributed by atoms with Crippen LogP contribution in [0.2, 0.25) is 0 Å². The Morgan fingerprint density at radius 3 is 2.27 bits per heavy atom. The van der Waals surface area contributed by atoms with Gasteiger partial charge in [0.1, 0.15) is 5.75 Å². The van der Waals surface area contributed by atoms with Gasteiger partial charge in [-0.3, -0.25) is 9.11 Å². The van der Waals surface area contributed by atoms with E-state index in [1.54, 1.807) is 0 Å². The number of aliphatic imine (C=N–C) groups is 2. The van der Waals surface area contributed by atoms with E-state index in [0.29, 0.717) is 0 Å². The largest absolute Gasteiger partial charge is 0.345 e. The third-order valence-corrected chi connectivity index (χ3v) is 4.02. The van der Waals surface area contributed by atoms with Crippen molar-refractivity contribution in [3.63, 3.8) is 0 Å². The van der Waals surface area contributed by atoms with Gasteiger partial charge in [0.15, 0.2) is 0 Å². The van der Waals surface area contributed by atoms with Gasteiger partial charge in [0.25, 0.3) is 20.2 Å². The molecular formula is C10H12N4O6S2. The molecule has 0 aliphatic carbocycles. The van der Waals surface area contributed by atoms with Crippen molar-refractivity contribution in [3.8, 4) is 0 Å². The molecular weight excluding hydrogens is 336 g/mol. The van der Waals surface area contributed by atoms with Crippen LogP contribution < -0.4 is 10.6 Å². The molecule has 0 saturated heterocycles. The minimum Gasteiger partial charge on any atom is -0.345 e. The van der Waals surface area contributed by atoms with E-state index in [4.69, 9.17) is 9.11 Å². The minimum absolute atomic E-state index is 0.0259. The SMILES string of the molecule is O=S(=O)(O)Cc1cc(NC2N=CNC=N2)cc(S(=O)(=O)O)c1. The van der Waals surface area contributed by atoms with E-state index >= 15 is 0 Å². The van der Waals surface area contributed by atoms with Crippen molar-refractivity contribution in [2.24, 2.45) is 9.98 Å². The summed E-state index contributed by atoms with van der Waals surface area (Å²) >= 11 is 0. The normalized spacial score (nSPS) is 15.5. The van der Waals surface area contributed by atoms with Gasteiger partial charge in [0.05, 0.1) is 17.6 Å². The fraction of sp³-hybridized carbons (Fsp3) is 0.200. The molecule has 0 aromatic heterocycles. The van der Waals surface area contributed by atoms with Crippen molar-refractivity contribution in [1.29, 1.82) is 0 Å². The Bertz CT molecular complexity index is 819. The number of nitrogens with one attached hydrogen (secondary N) is 2. The van der Waals surface area contributed by atoms with E-state index in [9.17, 15) is 16.8 Å². The molecule has 1 aliphatic rings. The zero-order chi connectivity index (χ0) is 16.4. The molecule has 0 spiro atoms. The molecule has 12 heteroatoms. The molecule has 1 aromatic carbocycles. The highest BCUT2D eigenvalue weighted by molar-refractivity contribution is 7.86. The predicted octanol–water partition coefficient (Wildman–Crippen LogP) is -0.324. The lowest BCUT2D eigenvalue weighted by Gasteiger charge is -2.15. The van der Waals surface area contributed by atoms with Crippen LogP contribution in [-0.2, 0) is 26.0 Å². The highest BCUT2D eigenvalue weighted by Gasteiger charge is 2.16. The fourth-order valence-electron chi connectivity index (χ4n) is 1.71. The molecule has 1 aromatic rings. The molecule has 1 heterocycles. The van der Waals surface area contributed by atoms with Gasteiger partial charge in [-0.15, -0.1) is 0 Å². The highest BCUT2D eigenvalue weighted by atomic mass is 32.2. The Kier molecular flexibility index (Phi) is 4.46. The van der Waals surface area contributed by atoms with Crippen molar-refractivity contribution in [2.75, 3.05) is 5.32 Å². The van der Waals surface area contributed by atoms with E-state index < -0.39 is 37.2 Å². The van der Waals surface area contributed by atoms with Crippen molar-refractivity contribution < 1.29 is 25.9 Å². The van der Waals surface area contributed by atoms with E-state index in [-0.39, 0.29) is 11.3 Å². The highest BCUT2D eigenvalue weighted by Crippen LogP contribution is 2.21. The molecule has 10 nitrogen and oxygen atoms in total. The molecule has 0 saturated carbocycles. The first kappa shape index (κ1) is 16.4. The van der Waals surface area contributed by atoms with Crippen molar-refractivity contribution in [1.82, 2.24) is 5.32 Å². The molecule has 0 radical (unpaired) electrons. The number of rotatable bonds is 5. The topological polar surface area (TPSA) is 158 Å². The maximum atomic E-state index is 11.2. The third-order valence-electron chi connectivity index (χ3n) is 2.49. The molecule has 22 heavy (non-hydrogen) atoms. The second-order valence-electron chi connectivity index (χ2n) is 4.31. The maximum Gasteiger partial charge on any atom is 0.294 e. The van der Waals surface area contributed by atoms with Crippen LogP contribution in [0.15, 0.2) is 33.1 Å². The zero-order valence-electron chi connectivity index (χ0n) is 10.9. The Hall–Kier alpha value is -2.02. The van der Waals surface area contributed by atoms with Crippen LogP contribution in [-0.4, -0.2) is 44.9 Å². The smallest absolute Gasteiger partial charge is 0.294 e. The summed E-state index contributed by atoms with van der Waals surface area (Å²) in [6.07, 6.45) is 1.98. The van der Waals surface area contributed by atoms with E-state index in [1.165, 1.54) is 18.7 Å². The van der Waals surface area contributed by atoms with Crippen LogP contribution in [0, 0.1) is 0 Å². The average molecular weight is 348 g/mol. The summed E-state index contributed by atoms with van der Waals surface area (Å²) < 4.78 is 62.3. The Morgan fingerprint density at radius 2 is 1.73 bits per heavy atom. The van der Waals surface area contributed by atoms with Gasteiger partial charge in [-0.2, -0.15) is 16.8 Å². The first-order valence-electron chi connectivity index (χ1n) is 5.76. The second-order valence-corrected chi connectivity index (χ2v) is 7.18. The summed E-state index contributed by atoms with van der Waals surface area (Å²) in [5.41, 5.74) is 0.136. The van der Waals surface area contributed by atoms with Gasteiger partial charge in [0.2, 0.25) is 6.29 Å². The monoisotopic (exact) mass is 348 g/mol. The van der Waals surface area contributed by atoms with Crippen LogP contribution in [0.3, 0.4) is 0 Å². The maximum absolute atomic E-state index is 11.2. The summed E-state index contributed by atoms with van der Waals surface area (Å²) in [7, 11) is -8.91. The molecule has 1 aliphatic heterocycles. The fourth-order valence-corrected chi connectivity index (χ4v) is 2.87. The molecule has 0 atom stereocenters. The Balaban J connectivity index is 2.39. The van der Waals surface area contributed by atoms with Crippen molar-refractivity contribution in [2.45, 2.75) is 16.9 Å². The molecule has 4 N–H and O–H groups in total. The zero-order valence-corrected chi connectivity index (χ0v) is 12.5. The lowest BCUT2D eigenvalue weighted by Crippen LogP contribution is -2.24. The van der Waals surface area contributed by atoms with Gasteiger partial charge in [-0.05, 0) is 23.8 Å². The van der Waals surface area contributed by atoms with Crippen LogP contribution in [0.1, 0.15) is 5.56 Å². The summed E-state index contributed by atoms with van der Waals surface area (Å²) in [4.78, 5) is 7.28.